The SMILES string of the molecule is CC(CNC(=O)OCC1c2ccccc2-c2ccccc21)C(=O)NC(C)(C)CC(=O)O. The molecule has 0 saturated carbocycles. The Morgan fingerprint density at radius 1 is 1.03 bits per heavy atom. The van der Waals surface area contributed by atoms with E-state index in [4.69, 9.17) is 9.84 Å². The van der Waals surface area contributed by atoms with Crippen LogP contribution in [-0.2, 0) is 14.3 Å². The van der Waals surface area contributed by atoms with Crippen LogP contribution >= 0.6 is 0 Å². The Morgan fingerprint density at radius 3 is 2.13 bits per heavy atom. The van der Waals surface area contributed by atoms with Gasteiger partial charge >= 0.3 is 12.1 Å². The minimum absolute atomic E-state index is 0.0318. The van der Waals surface area contributed by atoms with Gasteiger partial charge in [0.15, 0.2) is 0 Å². The summed E-state index contributed by atoms with van der Waals surface area (Å²) >= 11 is 0. The summed E-state index contributed by atoms with van der Waals surface area (Å²) in [7, 11) is 0. The average molecular weight is 424 g/mol. The second-order valence-electron chi connectivity index (χ2n) is 8.55. The third-order valence-corrected chi connectivity index (χ3v) is 5.40. The molecule has 0 radical (unpaired) electrons. The van der Waals surface area contributed by atoms with E-state index >= 15 is 0 Å². The van der Waals surface area contributed by atoms with Crippen LogP contribution in [0.1, 0.15) is 44.2 Å². The van der Waals surface area contributed by atoms with Gasteiger partial charge in [0.2, 0.25) is 5.91 Å². The zero-order valence-electron chi connectivity index (χ0n) is 18.0. The number of fused-ring (bicyclic) bond motifs is 3. The molecular formula is C24H28N2O5. The summed E-state index contributed by atoms with van der Waals surface area (Å²) < 4.78 is 5.46. The smallest absolute Gasteiger partial charge is 0.407 e. The van der Waals surface area contributed by atoms with Crippen molar-refractivity contribution in [1.29, 1.82) is 0 Å². The van der Waals surface area contributed by atoms with Crippen LogP contribution in [0.4, 0.5) is 4.79 Å². The lowest BCUT2D eigenvalue weighted by atomic mass is 9.98. The number of carboxylic acids is 1. The molecule has 31 heavy (non-hydrogen) atoms. The van der Waals surface area contributed by atoms with Crippen LogP contribution in [0, 0.1) is 5.92 Å². The van der Waals surface area contributed by atoms with Crippen LogP contribution in [0.2, 0.25) is 0 Å². The molecule has 0 bridgehead atoms. The van der Waals surface area contributed by atoms with Gasteiger partial charge in [0.1, 0.15) is 6.61 Å². The minimum Gasteiger partial charge on any atom is -0.481 e. The van der Waals surface area contributed by atoms with Crippen LogP contribution < -0.4 is 10.6 Å². The largest absolute Gasteiger partial charge is 0.481 e. The van der Waals surface area contributed by atoms with E-state index in [0.717, 1.165) is 22.3 Å². The monoisotopic (exact) mass is 424 g/mol. The minimum atomic E-state index is -0.991. The van der Waals surface area contributed by atoms with Crippen molar-refractivity contribution in [3.05, 3.63) is 59.7 Å². The summed E-state index contributed by atoms with van der Waals surface area (Å²) in [6.45, 7) is 5.24. The maximum Gasteiger partial charge on any atom is 0.407 e. The lowest BCUT2D eigenvalue weighted by Gasteiger charge is -2.26. The Labute approximate surface area is 181 Å². The van der Waals surface area contributed by atoms with Crippen molar-refractivity contribution in [1.82, 2.24) is 10.6 Å². The van der Waals surface area contributed by atoms with E-state index in [2.05, 4.69) is 22.8 Å². The molecule has 0 fully saturated rings. The van der Waals surface area contributed by atoms with Gasteiger partial charge in [-0.3, -0.25) is 9.59 Å². The predicted molar refractivity (Wildman–Crippen MR) is 117 cm³/mol. The number of aliphatic carboxylic acids is 1. The highest BCUT2D eigenvalue weighted by Gasteiger charge is 2.29. The van der Waals surface area contributed by atoms with Crippen LogP contribution in [0.15, 0.2) is 48.5 Å². The van der Waals surface area contributed by atoms with Gasteiger partial charge in [-0.05, 0) is 36.1 Å². The first-order valence-electron chi connectivity index (χ1n) is 10.3. The Balaban J connectivity index is 1.52. The summed E-state index contributed by atoms with van der Waals surface area (Å²) in [6.07, 6.45) is -0.781. The summed E-state index contributed by atoms with van der Waals surface area (Å²) in [4.78, 5) is 35.4. The molecule has 0 heterocycles. The topological polar surface area (TPSA) is 105 Å². The normalized spacial score (nSPS) is 13.6. The second-order valence-corrected chi connectivity index (χ2v) is 8.55. The van der Waals surface area contributed by atoms with E-state index in [1.165, 1.54) is 0 Å². The van der Waals surface area contributed by atoms with E-state index in [1.54, 1.807) is 20.8 Å². The summed E-state index contributed by atoms with van der Waals surface area (Å²) in [5.41, 5.74) is 3.69. The van der Waals surface area contributed by atoms with Crippen molar-refractivity contribution < 1.29 is 24.2 Å². The molecule has 0 aliphatic heterocycles. The quantitative estimate of drug-likeness (QED) is 0.601. The van der Waals surface area contributed by atoms with Gasteiger partial charge in [0.05, 0.1) is 12.3 Å². The highest BCUT2D eigenvalue weighted by Crippen LogP contribution is 2.44. The maximum atomic E-state index is 12.3. The number of benzene rings is 2. The van der Waals surface area contributed by atoms with Gasteiger partial charge in [0, 0.05) is 18.0 Å². The number of hydrogen-bond acceptors (Lipinski definition) is 4. The van der Waals surface area contributed by atoms with Crippen LogP contribution in [0.5, 0.6) is 0 Å². The number of ether oxygens (including phenoxy) is 1. The van der Waals surface area contributed by atoms with Gasteiger partial charge in [-0.2, -0.15) is 0 Å². The van der Waals surface area contributed by atoms with Crippen LogP contribution in [0.25, 0.3) is 11.1 Å². The molecule has 0 aromatic heterocycles. The third-order valence-electron chi connectivity index (χ3n) is 5.40. The molecule has 1 atom stereocenters. The van der Waals surface area contributed by atoms with Crippen molar-refractivity contribution in [3.8, 4) is 11.1 Å². The fraction of sp³-hybridized carbons (Fsp3) is 0.375. The molecule has 1 unspecified atom stereocenters. The van der Waals surface area contributed by atoms with E-state index in [0.29, 0.717) is 0 Å². The van der Waals surface area contributed by atoms with Gasteiger partial charge < -0.3 is 20.5 Å². The molecule has 7 heteroatoms. The van der Waals surface area contributed by atoms with Gasteiger partial charge in [0.25, 0.3) is 0 Å². The average Bonchev–Trinajstić information content (AvgIpc) is 3.03. The van der Waals surface area contributed by atoms with Gasteiger partial charge in [-0.15, -0.1) is 0 Å². The van der Waals surface area contributed by atoms with Crippen molar-refractivity contribution in [2.24, 2.45) is 5.92 Å². The summed E-state index contributed by atoms with van der Waals surface area (Å²) in [6, 6.07) is 16.2. The molecular weight excluding hydrogens is 396 g/mol. The number of nitrogens with one attached hydrogen (secondary N) is 2. The lowest BCUT2D eigenvalue weighted by molar-refractivity contribution is -0.138. The number of carbonyl (C=O) groups is 3. The molecule has 0 saturated heterocycles. The number of rotatable bonds is 8. The number of amides is 2. The van der Waals surface area contributed by atoms with E-state index < -0.39 is 23.5 Å². The Kier molecular flexibility index (Phi) is 6.63. The third kappa shape index (κ3) is 5.42. The number of alkyl carbamates (subject to hydrolysis) is 1. The fourth-order valence-corrected chi connectivity index (χ4v) is 3.86. The zero-order valence-corrected chi connectivity index (χ0v) is 18.0. The van der Waals surface area contributed by atoms with Crippen molar-refractivity contribution in [3.63, 3.8) is 0 Å². The maximum absolute atomic E-state index is 12.3. The molecule has 2 aromatic carbocycles. The second kappa shape index (κ2) is 9.20. The molecule has 7 nitrogen and oxygen atoms in total. The summed E-state index contributed by atoms with van der Waals surface area (Å²) in [5, 5.41) is 14.2. The Hall–Kier alpha value is -3.35. The zero-order chi connectivity index (χ0) is 22.6. The van der Waals surface area contributed by atoms with Crippen molar-refractivity contribution in [2.45, 2.75) is 38.6 Å². The highest BCUT2D eigenvalue weighted by molar-refractivity contribution is 5.81. The van der Waals surface area contributed by atoms with Crippen molar-refractivity contribution >= 4 is 18.0 Å². The number of carboxylic acid groups (broad SMARTS) is 1. The first kappa shape index (κ1) is 22.3. The Morgan fingerprint density at radius 2 is 1.58 bits per heavy atom. The van der Waals surface area contributed by atoms with Crippen LogP contribution in [0.3, 0.4) is 0 Å². The standard InChI is InChI=1S/C24H28N2O5/c1-15(22(29)26-24(2,3)12-21(27)28)13-25-23(30)31-14-20-18-10-6-4-8-16(18)17-9-5-7-11-19(17)20/h4-11,15,20H,12-14H2,1-3H3,(H,25,30)(H,26,29)(H,27,28). The summed E-state index contributed by atoms with van der Waals surface area (Å²) in [5.74, 6) is -1.89. The molecule has 2 amide bonds. The van der Waals surface area contributed by atoms with E-state index in [1.807, 2.05) is 36.4 Å². The first-order valence-corrected chi connectivity index (χ1v) is 10.3. The molecule has 164 valence electrons. The Bertz CT molecular complexity index is 940. The molecule has 0 spiro atoms. The first-order chi connectivity index (χ1) is 14.7. The molecule has 1 aliphatic carbocycles. The highest BCUT2D eigenvalue weighted by atomic mass is 16.5. The van der Waals surface area contributed by atoms with Crippen LogP contribution in [-0.4, -0.2) is 41.8 Å². The van der Waals surface area contributed by atoms with Gasteiger partial charge in [-0.25, -0.2) is 4.79 Å². The molecule has 3 rings (SSSR count). The van der Waals surface area contributed by atoms with Gasteiger partial charge in [-0.1, -0.05) is 55.5 Å². The molecule has 2 aromatic rings. The molecule has 1 aliphatic rings. The van der Waals surface area contributed by atoms with E-state index in [-0.39, 0.29) is 31.4 Å². The van der Waals surface area contributed by atoms with Crippen molar-refractivity contribution in [2.75, 3.05) is 13.2 Å². The lowest BCUT2D eigenvalue weighted by Crippen LogP contribution is -2.48. The number of hydrogen-bond donors (Lipinski definition) is 3. The van der Waals surface area contributed by atoms with E-state index in [9.17, 15) is 14.4 Å². The number of carbonyl (C=O) groups excluding carboxylic acids is 2. The predicted octanol–water partition coefficient (Wildman–Crippen LogP) is 3.53. The molecule has 3 N–H and O–H groups in total. The fourth-order valence-electron chi connectivity index (χ4n) is 3.86.